The van der Waals surface area contributed by atoms with Crippen LogP contribution in [0.5, 0.6) is 0 Å². The lowest BCUT2D eigenvalue weighted by Gasteiger charge is -2.13. The van der Waals surface area contributed by atoms with Crippen molar-refractivity contribution in [3.8, 4) is 0 Å². The second kappa shape index (κ2) is 8.28. The molecule has 0 unspecified atom stereocenters. The van der Waals surface area contributed by atoms with E-state index in [4.69, 9.17) is 4.74 Å². The second-order valence-electron chi connectivity index (χ2n) is 4.43. The van der Waals surface area contributed by atoms with Gasteiger partial charge in [0, 0.05) is 13.2 Å². The summed E-state index contributed by atoms with van der Waals surface area (Å²) in [5.74, 6) is -0.586. The van der Waals surface area contributed by atoms with Crippen LogP contribution >= 0.6 is 0 Å². The van der Waals surface area contributed by atoms with Gasteiger partial charge in [-0.15, -0.1) is 5.10 Å². The summed E-state index contributed by atoms with van der Waals surface area (Å²) in [6, 6.07) is 14.7. The van der Waals surface area contributed by atoms with Crippen molar-refractivity contribution >= 4 is 23.7 Å². The number of carbonyl (C=O) groups excluding carboxylic acids is 1. The number of hydrogen-bond donors (Lipinski definition) is 1. The first kappa shape index (κ1) is 16.2. The van der Waals surface area contributed by atoms with E-state index in [9.17, 15) is 4.79 Å². The zero-order chi connectivity index (χ0) is 16.5. The number of methoxy groups -OCH3 is 1. The van der Waals surface area contributed by atoms with Gasteiger partial charge in [0.05, 0.1) is 24.7 Å². The maximum atomic E-state index is 11.9. The first-order valence-corrected chi connectivity index (χ1v) is 6.86. The maximum absolute atomic E-state index is 11.9. The van der Waals surface area contributed by atoms with E-state index in [2.05, 4.69) is 20.6 Å². The number of ether oxygens (including phenoxy) is 1. The third-order valence-electron chi connectivity index (χ3n) is 2.79. The smallest absolute Gasteiger partial charge is 0.377 e. The van der Waals surface area contributed by atoms with Gasteiger partial charge in [0.2, 0.25) is 0 Å². The highest BCUT2D eigenvalue weighted by Gasteiger charge is 2.16. The number of para-hydroxylation sites is 1. The molecule has 2 aromatic rings. The first-order valence-electron chi connectivity index (χ1n) is 6.86. The molecule has 1 N–H and O–H groups in total. The molecule has 0 amide bonds. The fraction of sp³-hybridized carbons (Fsp3) is 0.125. The van der Waals surface area contributed by atoms with Crippen LogP contribution in [0.3, 0.4) is 0 Å². The van der Waals surface area contributed by atoms with Crippen molar-refractivity contribution in [2.24, 2.45) is 10.2 Å². The Labute approximate surface area is 134 Å². The van der Waals surface area contributed by atoms with Gasteiger partial charge in [-0.3, -0.25) is 10.4 Å². The SMILES string of the molecule is COC(=O)/C(=N/Nc1ccccc1)N(C)/N=C/c1ccccn1. The van der Waals surface area contributed by atoms with Crippen molar-refractivity contribution in [2.75, 3.05) is 19.6 Å². The molecule has 0 bridgehead atoms. The number of rotatable bonds is 4. The van der Waals surface area contributed by atoms with Crippen LogP contribution in [0, 0.1) is 0 Å². The molecule has 23 heavy (non-hydrogen) atoms. The molecule has 0 aliphatic heterocycles. The van der Waals surface area contributed by atoms with Crippen LogP contribution in [0.15, 0.2) is 64.9 Å². The summed E-state index contributed by atoms with van der Waals surface area (Å²) in [4.78, 5) is 16.0. The van der Waals surface area contributed by atoms with Crippen molar-refractivity contribution in [2.45, 2.75) is 0 Å². The Morgan fingerprint density at radius 3 is 2.61 bits per heavy atom. The molecular weight excluding hydrogens is 294 g/mol. The average Bonchev–Trinajstić information content (AvgIpc) is 2.61. The number of aromatic nitrogens is 1. The van der Waals surface area contributed by atoms with E-state index in [1.54, 1.807) is 19.3 Å². The third kappa shape index (κ3) is 4.92. The fourth-order valence-electron chi connectivity index (χ4n) is 1.62. The Balaban J connectivity index is 2.14. The van der Waals surface area contributed by atoms with E-state index >= 15 is 0 Å². The minimum Gasteiger partial charge on any atom is -0.463 e. The van der Waals surface area contributed by atoms with Crippen LogP contribution in [-0.4, -0.2) is 42.2 Å². The van der Waals surface area contributed by atoms with Gasteiger partial charge < -0.3 is 4.74 Å². The van der Waals surface area contributed by atoms with E-state index in [-0.39, 0.29) is 5.84 Å². The number of hydrazone groups is 2. The van der Waals surface area contributed by atoms with Gasteiger partial charge in [-0.05, 0) is 24.3 Å². The molecule has 1 aromatic heterocycles. The van der Waals surface area contributed by atoms with Crippen LogP contribution in [0.2, 0.25) is 0 Å². The molecule has 1 aromatic carbocycles. The van der Waals surface area contributed by atoms with Crippen LogP contribution in [0.1, 0.15) is 5.69 Å². The molecule has 118 valence electrons. The summed E-state index contributed by atoms with van der Waals surface area (Å²) in [7, 11) is 2.89. The standard InChI is InChI=1S/C16H17N5O2/c1-21(18-12-14-10-6-7-11-17-14)15(16(22)23-2)20-19-13-8-4-3-5-9-13/h3-12,19H,1-2H3/b18-12+,20-15-. The highest BCUT2D eigenvalue weighted by atomic mass is 16.5. The summed E-state index contributed by atoms with van der Waals surface area (Å²) in [6.07, 6.45) is 3.19. The lowest BCUT2D eigenvalue weighted by atomic mass is 10.3. The maximum Gasteiger partial charge on any atom is 0.377 e. The molecule has 0 saturated heterocycles. The van der Waals surface area contributed by atoms with E-state index in [1.807, 2.05) is 42.5 Å². The number of esters is 1. The molecular formula is C16H17N5O2. The van der Waals surface area contributed by atoms with E-state index < -0.39 is 5.97 Å². The third-order valence-corrected chi connectivity index (χ3v) is 2.79. The Kier molecular flexibility index (Phi) is 5.81. The van der Waals surface area contributed by atoms with Crippen LogP contribution < -0.4 is 5.43 Å². The Morgan fingerprint density at radius 2 is 1.96 bits per heavy atom. The summed E-state index contributed by atoms with van der Waals surface area (Å²) in [5, 5.41) is 9.53. The monoisotopic (exact) mass is 311 g/mol. The molecule has 0 aliphatic carbocycles. The molecule has 2 rings (SSSR count). The summed E-state index contributed by atoms with van der Waals surface area (Å²) < 4.78 is 4.73. The molecule has 7 nitrogen and oxygen atoms in total. The van der Waals surface area contributed by atoms with Crippen molar-refractivity contribution in [3.63, 3.8) is 0 Å². The molecule has 1 heterocycles. The Bertz CT molecular complexity index is 686. The Hall–Kier alpha value is -3.22. The van der Waals surface area contributed by atoms with Gasteiger partial charge in [-0.25, -0.2) is 9.80 Å². The largest absolute Gasteiger partial charge is 0.463 e. The number of pyridine rings is 1. The topological polar surface area (TPSA) is 79.2 Å². The number of anilines is 1. The quantitative estimate of drug-likeness (QED) is 0.404. The van der Waals surface area contributed by atoms with Crippen molar-refractivity contribution in [3.05, 3.63) is 60.4 Å². The van der Waals surface area contributed by atoms with Gasteiger partial charge in [-0.1, -0.05) is 24.3 Å². The minimum atomic E-state index is -0.603. The molecule has 0 spiro atoms. The zero-order valence-corrected chi connectivity index (χ0v) is 12.9. The number of nitrogens with one attached hydrogen (secondary N) is 1. The summed E-state index contributed by atoms with van der Waals surface area (Å²) in [6.45, 7) is 0. The average molecular weight is 311 g/mol. The predicted molar refractivity (Wildman–Crippen MR) is 89.1 cm³/mol. The molecule has 0 aliphatic rings. The summed E-state index contributed by atoms with van der Waals surface area (Å²) in [5.41, 5.74) is 4.21. The van der Waals surface area contributed by atoms with Gasteiger partial charge in [0.1, 0.15) is 0 Å². The Morgan fingerprint density at radius 1 is 1.22 bits per heavy atom. The lowest BCUT2D eigenvalue weighted by Crippen LogP contribution is -2.31. The highest BCUT2D eigenvalue weighted by Crippen LogP contribution is 2.05. The zero-order valence-electron chi connectivity index (χ0n) is 12.9. The lowest BCUT2D eigenvalue weighted by molar-refractivity contribution is -0.133. The van der Waals surface area contributed by atoms with Crippen LogP contribution in [-0.2, 0) is 9.53 Å². The van der Waals surface area contributed by atoms with Gasteiger partial charge in [-0.2, -0.15) is 5.10 Å². The number of hydrogen-bond acceptors (Lipinski definition) is 6. The van der Waals surface area contributed by atoms with Crippen LogP contribution in [0.4, 0.5) is 5.69 Å². The molecule has 0 radical (unpaired) electrons. The molecule has 0 atom stereocenters. The van der Waals surface area contributed by atoms with E-state index in [0.29, 0.717) is 5.69 Å². The number of carbonyl (C=O) groups is 1. The molecule has 7 heteroatoms. The van der Waals surface area contributed by atoms with Gasteiger partial charge in [0.15, 0.2) is 0 Å². The fourth-order valence-corrected chi connectivity index (χ4v) is 1.62. The summed E-state index contributed by atoms with van der Waals surface area (Å²) >= 11 is 0. The number of benzene rings is 1. The predicted octanol–water partition coefficient (Wildman–Crippen LogP) is 1.95. The number of amidine groups is 1. The van der Waals surface area contributed by atoms with Crippen molar-refractivity contribution < 1.29 is 9.53 Å². The normalized spacial score (nSPS) is 11.3. The van der Waals surface area contributed by atoms with Gasteiger partial charge >= 0.3 is 5.97 Å². The minimum absolute atomic E-state index is 0.0172. The van der Waals surface area contributed by atoms with E-state index in [1.165, 1.54) is 18.3 Å². The molecule has 0 saturated carbocycles. The van der Waals surface area contributed by atoms with Gasteiger partial charge in [0.25, 0.3) is 5.84 Å². The second-order valence-corrected chi connectivity index (χ2v) is 4.43. The number of nitrogens with zero attached hydrogens (tertiary/aromatic N) is 4. The van der Waals surface area contributed by atoms with Crippen molar-refractivity contribution in [1.82, 2.24) is 9.99 Å². The van der Waals surface area contributed by atoms with Crippen molar-refractivity contribution in [1.29, 1.82) is 0 Å². The van der Waals surface area contributed by atoms with Crippen LogP contribution in [0.25, 0.3) is 0 Å². The highest BCUT2D eigenvalue weighted by molar-refractivity contribution is 6.35. The first-order chi connectivity index (χ1) is 11.2. The number of likely N-dealkylation sites (N-methyl/N-ethyl adjacent to an activating group) is 1. The molecule has 0 fully saturated rings. The van der Waals surface area contributed by atoms with E-state index in [0.717, 1.165) is 5.69 Å².